The number of unbranched alkanes of at least 4 members (excludes halogenated alkanes) is 2. The fraction of sp³-hybridized carbons (Fsp3) is 0.941. The third-order valence-electron chi connectivity index (χ3n) is 4.38. The van der Waals surface area contributed by atoms with Crippen molar-refractivity contribution in [3.05, 3.63) is 0 Å². The van der Waals surface area contributed by atoms with Gasteiger partial charge in [0.25, 0.3) is 0 Å². The lowest BCUT2D eigenvalue weighted by atomic mass is 10.0. The van der Waals surface area contributed by atoms with Crippen molar-refractivity contribution in [2.24, 2.45) is 0 Å². The number of hydrogen-bond donors (Lipinski definition) is 2. The van der Waals surface area contributed by atoms with E-state index in [1.807, 2.05) is 6.92 Å². The van der Waals surface area contributed by atoms with Gasteiger partial charge < -0.3 is 10.6 Å². The molecule has 0 radical (unpaired) electrons. The van der Waals surface area contributed by atoms with Gasteiger partial charge in [0.1, 0.15) is 0 Å². The highest BCUT2D eigenvalue weighted by Crippen LogP contribution is 2.11. The van der Waals surface area contributed by atoms with E-state index in [0.29, 0.717) is 6.04 Å². The Bertz CT molecular complexity index is 277. The quantitative estimate of drug-likeness (QED) is 0.609. The van der Waals surface area contributed by atoms with Crippen molar-refractivity contribution in [1.82, 2.24) is 15.5 Å². The minimum atomic E-state index is -0.0182. The van der Waals surface area contributed by atoms with E-state index in [4.69, 9.17) is 0 Å². The molecule has 2 unspecified atom stereocenters. The Kier molecular flexibility index (Phi) is 9.68. The normalized spacial score (nSPS) is 20.5. The predicted octanol–water partition coefficient (Wildman–Crippen LogP) is 2.54. The van der Waals surface area contributed by atoms with Crippen molar-refractivity contribution in [2.45, 2.75) is 77.8 Å². The highest BCUT2D eigenvalue weighted by molar-refractivity contribution is 5.81. The Morgan fingerprint density at radius 1 is 1.29 bits per heavy atom. The molecule has 1 saturated heterocycles. The SMILES string of the molecule is CCCCCNC(=O)C(C)N(CCC)CC1CCCCN1. The molecule has 21 heavy (non-hydrogen) atoms. The number of rotatable bonds is 10. The molecule has 0 spiro atoms. The first kappa shape index (κ1) is 18.4. The van der Waals surface area contributed by atoms with Gasteiger partial charge in [-0.1, -0.05) is 33.1 Å². The van der Waals surface area contributed by atoms with Gasteiger partial charge in [0.15, 0.2) is 0 Å². The summed E-state index contributed by atoms with van der Waals surface area (Å²) in [4.78, 5) is 14.6. The molecule has 0 aromatic carbocycles. The molecular weight excluding hydrogens is 262 g/mol. The van der Waals surface area contributed by atoms with Gasteiger partial charge in [0.2, 0.25) is 5.91 Å². The van der Waals surface area contributed by atoms with Gasteiger partial charge in [-0.2, -0.15) is 0 Å². The fourth-order valence-electron chi connectivity index (χ4n) is 2.99. The van der Waals surface area contributed by atoms with E-state index in [0.717, 1.165) is 39.0 Å². The van der Waals surface area contributed by atoms with Crippen LogP contribution < -0.4 is 10.6 Å². The molecule has 0 bridgehead atoms. The van der Waals surface area contributed by atoms with Crippen LogP contribution in [0.25, 0.3) is 0 Å². The molecule has 1 amide bonds. The maximum absolute atomic E-state index is 12.3. The van der Waals surface area contributed by atoms with Crippen molar-refractivity contribution in [3.8, 4) is 0 Å². The summed E-state index contributed by atoms with van der Waals surface area (Å²) in [6.07, 6.45) is 8.42. The van der Waals surface area contributed by atoms with Crippen LogP contribution in [0.3, 0.4) is 0 Å². The topological polar surface area (TPSA) is 44.4 Å². The lowest BCUT2D eigenvalue weighted by Gasteiger charge is -2.33. The summed E-state index contributed by atoms with van der Waals surface area (Å²) in [6, 6.07) is 0.538. The molecule has 4 heteroatoms. The summed E-state index contributed by atoms with van der Waals surface area (Å²) in [6.45, 7) is 10.4. The first-order valence-electron chi connectivity index (χ1n) is 8.94. The zero-order valence-corrected chi connectivity index (χ0v) is 14.3. The summed E-state index contributed by atoms with van der Waals surface area (Å²) in [7, 11) is 0. The largest absolute Gasteiger partial charge is 0.355 e. The molecule has 0 aromatic rings. The molecule has 124 valence electrons. The van der Waals surface area contributed by atoms with Crippen molar-refractivity contribution < 1.29 is 4.79 Å². The van der Waals surface area contributed by atoms with E-state index in [1.54, 1.807) is 0 Å². The lowest BCUT2D eigenvalue weighted by molar-refractivity contribution is -0.126. The van der Waals surface area contributed by atoms with Crippen molar-refractivity contribution in [1.29, 1.82) is 0 Å². The highest BCUT2D eigenvalue weighted by atomic mass is 16.2. The molecule has 1 rings (SSSR count). The summed E-state index contributed by atoms with van der Waals surface area (Å²) in [5.41, 5.74) is 0. The van der Waals surface area contributed by atoms with E-state index < -0.39 is 0 Å². The van der Waals surface area contributed by atoms with E-state index in [9.17, 15) is 4.79 Å². The molecule has 4 nitrogen and oxygen atoms in total. The maximum Gasteiger partial charge on any atom is 0.237 e. The van der Waals surface area contributed by atoms with E-state index in [1.165, 1.54) is 32.1 Å². The average Bonchev–Trinajstić information content (AvgIpc) is 2.51. The second-order valence-electron chi connectivity index (χ2n) is 6.32. The monoisotopic (exact) mass is 297 g/mol. The van der Waals surface area contributed by atoms with Crippen molar-refractivity contribution in [3.63, 3.8) is 0 Å². The summed E-state index contributed by atoms with van der Waals surface area (Å²) < 4.78 is 0. The van der Waals surface area contributed by atoms with Crippen LogP contribution in [-0.2, 0) is 4.79 Å². The van der Waals surface area contributed by atoms with Crippen LogP contribution >= 0.6 is 0 Å². The summed E-state index contributed by atoms with van der Waals surface area (Å²) >= 11 is 0. The van der Waals surface area contributed by atoms with Gasteiger partial charge in [-0.3, -0.25) is 9.69 Å². The molecular formula is C17H35N3O. The van der Waals surface area contributed by atoms with Crippen molar-refractivity contribution in [2.75, 3.05) is 26.2 Å². The van der Waals surface area contributed by atoms with E-state index in [-0.39, 0.29) is 11.9 Å². The lowest BCUT2D eigenvalue weighted by Crippen LogP contribution is -2.51. The Hall–Kier alpha value is -0.610. The van der Waals surface area contributed by atoms with Gasteiger partial charge in [-0.25, -0.2) is 0 Å². The standard InChI is InChI=1S/C17H35N3O/c1-4-6-8-12-19-17(21)15(3)20(13-5-2)14-16-10-7-9-11-18-16/h15-16,18H,4-14H2,1-3H3,(H,19,21). The number of carbonyl (C=O) groups is 1. The Labute approximate surface area is 131 Å². The number of hydrogen-bond acceptors (Lipinski definition) is 3. The second kappa shape index (κ2) is 11.0. The summed E-state index contributed by atoms with van der Waals surface area (Å²) in [5.74, 6) is 0.190. The average molecular weight is 297 g/mol. The first-order valence-corrected chi connectivity index (χ1v) is 8.94. The minimum Gasteiger partial charge on any atom is -0.355 e. The van der Waals surface area contributed by atoms with Crippen LogP contribution in [0.4, 0.5) is 0 Å². The van der Waals surface area contributed by atoms with Crippen LogP contribution in [0.1, 0.15) is 65.7 Å². The fourth-order valence-corrected chi connectivity index (χ4v) is 2.99. The smallest absolute Gasteiger partial charge is 0.237 e. The van der Waals surface area contributed by atoms with Crippen LogP contribution in [0.5, 0.6) is 0 Å². The van der Waals surface area contributed by atoms with Crippen molar-refractivity contribution >= 4 is 5.91 Å². The Morgan fingerprint density at radius 3 is 2.71 bits per heavy atom. The molecule has 1 aliphatic rings. The number of nitrogens with zero attached hydrogens (tertiary/aromatic N) is 1. The van der Waals surface area contributed by atoms with Gasteiger partial charge in [0, 0.05) is 19.1 Å². The van der Waals surface area contributed by atoms with Crippen LogP contribution in [-0.4, -0.2) is 49.1 Å². The predicted molar refractivity (Wildman–Crippen MR) is 89.5 cm³/mol. The summed E-state index contributed by atoms with van der Waals surface area (Å²) in [5, 5.41) is 6.68. The number of nitrogens with one attached hydrogen (secondary N) is 2. The molecule has 0 aliphatic carbocycles. The molecule has 2 atom stereocenters. The second-order valence-corrected chi connectivity index (χ2v) is 6.32. The molecule has 1 aliphatic heterocycles. The van der Waals surface area contributed by atoms with Gasteiger partial charge in [-0.15, -0.1) is 0 Å². The highest BCUT2D eigenvalue weighted by Gasteiger charge is 2.24. The number of piperidine rings is 1. The first-order chi connectivity index (χ1) is 10.2. The molecule has 0 aromatic heterocycles. The third kappa shape index (κ3) is 7.28. The van der Waals surface area contributed by atoms with Crippen LogP contribution in [0, 0.1) is 0 Å². The van der Waals surface area contributed by atoms with Gasteiger partial charge >= 0.3 is 0 Å². The van der Waals surface area contributed by atoms with Crippen LogP contribution in [0.2, 0.25) is 0 Å². The zero-order valence-electron chi connectivity index (χ0n) is 14.3. The van der Waals surface area contributed by atoms with Gasteiger partial charge in [-0.05, 0) is 45.7 Å². The van der Waals surface area contributed by atoms with E-state index >= 15 is 0 Å². The third-order valence-corrected chi connectivity index (χ3v) is 4.38. The Morgan fingerprint density at radius 2 is 2.10 bits per heavy atom. The zero-order chi connectivity index (χ0) is 15.5. The maximum atomic E-state index is 12.3. The molecule has 1 heterocycles. The Balaban J connectivity index is 2.39. The van der Waals surface area contributed by atoms with Gasteiger partial charge in [0.05, 0.1) is 6.04 Å². The molecule has 2 N–H and O–H groups in total. The molecule has 0 saturated carbocycles. The van der Waals surface area contributed by atoms with E-state index in [2.05, 4.69) is 29.4 Å². The van der Waals surface area contributed by atoms with Crippen LogP contribution in [0.15, 0.2) is 0 Å². The number of amides is 1. The molecule has 1 fully saturated rings. The number of carbonyl (C=O) groups excluding carboxylic acids is 1. The minimum absolute atomic E-state index is 0.0182.